The van der Waals surface area contributed by atoms with E-state index in [0.29, 0.717) is 0 Å². The number of aliphatic hydroxyl groups excluding tert-OH is 2. The molecule has 1 aromatic rings. The molecule has 0 bridgehead atoms. The van der Waals surface area contributed by atoms with Gasteiger partial charge < -0.3 is 15.5 Å². The Morgan fingerprint density at radius 1 is 1.47 bits per heavy atom. The van der Waals surface area contributed by atoms with Crippen LogP contribution in [0.1, 0.15) is 6.92 Å². The monoisotopic (exact) mass is 244 g/mol. The van der Waals surface area contributed by atoms with Crippen LogP contribution in [0, 0.1) is 15.9 Å². The molecule has 17 heavy (non-hydrogen) atoms. The Balaban J connectivity index is 2.97. The zero-order chi connectivity index (χ0) is 13.1. The summed E-state index contributed by atoms with van der Waals surface area (Å²) in [4.78, 5) is 9.70. The van der Waals surface area contributed by atoms with Crippen molar-refractivity contribution in [2.45, 2.75) is 12.5 Å². The molecule has 6 nitrogen and oxygen atoms in total. The van der Waals surface area contributed by atoms with Gasteiger partial charge in [0, 0.05) is 6.07 Å². The summed E-state index contributed by atoms with van der Waals surface area (Å²) >= 11 is 0. The third-order valence-corrected chi connectivity index (χ3v) is 2.30. The van der Waals surface area contributed by atoms with Crippen molar-refractivity contribution in [3.05, 3.63) is 34.1 Å². The molecule has 0 amide bonds. The molecule has 0 unspecified atom stereocenters. The van der Waals surface area contributed by atoms with E-state index in [1.54, 1.807) is 0 Å². The van der Waals surface area contributed by atoms with Crippen LogP contribution in [0.25, 0.3) is 0 Å². The molecular formula is C10H13FN2O4. The van der Waals surface area contributed by atoms with Gasteiger partial charge in [0.15, 0.2) is 5.82 Å². The molecule has 0 aliphatic carbocycles. The number of nitrogens with one attached hydrogen (secondary N) is 1. The largest absolute Gasteiger partial charge is 0.394 e. The first-order valence-corrected chi connectivity index (χ1v) is 4.86. The van der Waals surface area contributed by atoms with Crippen LogP contribution in [-0.2, 0) is 0 Å². The van der Waals surface area contributed by atoms with Gasteiger partial charge in [0.05, 0.1) is 35.4 Å². The maximum Gasteiger partial charge on any atom is 0.272 e. The Kier molecular flexibility index (Phi) is 3.97. The van der Waals surface area contributed by atoms with Gasteiger partial charge >= 0.3 is 0 Å². The Hall–Kier alpha value is -1.73. The fourth-order valence-electron chi connectivity index (χ4n) is 1.17. The van der Waals surface area contributed by atoms with E-state index in [1.165, 1.54) is 13.0 Å². The number of nitro benzene ring substituents is 1. The average Bonchev–Trinajstić information content (AvgIpc) is 2.31. The molecule has 0 aromatic heterocycles. The van der Waals surface area contributed by atoms with Crippen molar-refractivity contribution in [1.82, 2.24) is 0 Å². The smallest absolute Gasteiger partial charge is 0.272 e. The molecule has 7 heteroatoms. The minimum atomic E-state index is -1.09. The van der Waals surface area contributed by atoms with E-state index < -0.39 is 29.5 Å². The van der Waals surface area contributed by atoms with E-state index in [9.17, 15) is 14.5 Å². The molecule has 0 saturated heterocycles. The number of benzene rings is 1. The van der Waals surface area contributed by atoms with E-state index >= 15 is 0 Å². The molecule has 0 atom stereocenters. The molecule has 0 saturated carbocycles. The highest BCUT2D eigenvalue weighted by Gasteiger charge is 2.23. The summed E-state index contributed by atoms with van der Waals surface area (Å²) in [5.41, 5.74) is -1.46. The van der Waals surface area contributed by atoms with Gasteiger partial charge in [-0.25, -0.2) is 4.39 Å². The van der Waals surface area contributed by atoms with E-state index in [0.717, 1.165) is 12.1 Å². The minimum absolute atomic E-state index is 0.0128. The second-order valence-corrected chi connectivity index (χ2v) is 3.92. The summed E-state index contributed by atoms with van der Waals surface area (Å²) in [6.45, 7) is 0.688. The maximum atomic E-state index is 13.5. The lowest BCUT2D eigenvalue weighted by Gasteiger charge is -2.27. The van der Waals surface area contributed by atoms with Crippen LogP contribution in [0.3, 0.4) is 0 Å². The lowest BCUT2D eigenvalue weighted by atomic mass is 10.0. The van der Waals surface area contributed by atoms with Crippen molar-refractivity contribution in [2.24, 2.45) is 0 Å². The van der Waals surface area contributed by atoms with Crippen LogP contribution < -0.4 is 5.32 Å². The summed E-state index contributed by atoms with van der Waals surface area (Å²) < 4.78 is 13.5. The molecule has 3 N–H and O–H groups in total. The molecule has 0 aliphatic rings. The second-order valence-electron chi connectivity index (χ2n) is 3.92. The average molecular weight is 244 g/mol. The van der Waals surface area contributed by atoms with Crippen molar-refractivity contribution in [3.63, 3.8) is 0 Å². The summed E-state index contributed by atoms with van der Waals surface area (Å²) in [6, 6.07) is 3.11. The Morgan fingerprint density at radius 3 is 2.47 bits per heavy atom. The van der Waals surface area contributed by atoms with E-state index in [2.05, 4.69) is 5.32 Å². The molecule has 1 aromatic carbocycles. The second kappa shape index (κ2) is 5.07. The first-order chi connectivity index (χ1) is 7.91. The molecule has 0 heterocycles. The quantitative estimate of drug-likeness (QED) is 0.528. The van der Waals surface area contributed by atoms with Crippen LogP contribution in [0.15, 0.2) is 18.2 Å². The number of halogens is 1. The van der Waals surface area contributed by atoms with Gasteiger partial charge in [-0.05, 0) is 13.0 Å². The predicted octanol–water partition coefficient (Wildman–Crippen LogP) is 0.889. The van der Waals surface area contributed by atoms with Crippen LogP contribution >= 0.6 is 0 Å². The number of aliphatic hydroxyl groups is 2. The summed E-state index contributed by atoms with van der Waals surface area (Å²) in [7, 11) is 0. The Bertz CT molecular complexity index is 421. The van der Waals surface area contributed by atoms with Crippen LogP contribution in [-0.4, -0.2) is 33.9 Å². The Morgan fingerprint density at radius 2 is 2.06 bits per heavy atom. The van der Waals surface area contributed by atoms with Crippen molar-refractivity contribution in [2.75, 3.05) is 18.5 Å². The molecule has 1 rings (SSSR count). The minimum Gasteiger partial charge on any atom is -0.394 e. The van der Waals surface area contributed by atoms with Gasteiger partial charge in [-0.15, -0.1) is 0 Å². The van der Waals surface area contributed by atoms with Crippen LogP contribution in [0.5, 0.6) is 0 Å². The standard InChI is InChI=1S/C10H13FN2O4/c1-10(5-14,6-15)12-9-3-2-7(13(16)17)4-8(9)11/h2-4,12,14-15H,5-6H2,1H3. The number of hydrogen-bond acceptors (Lipinski definition) is 5. The van der Waals surface area contributed by atoms with Gasteiger partial charge in [0.2, 0.25) is 0 Å². The number of hydrogen-bond donors (Lipinski definition) is 3. The van der Waals surface area contributed by atoms with Crippen molar-refractivity contribution >= 4 is 11.4 Å². The lowest BCUT2D eigenvalue weighted by Crippen LogP contribution is -2.42. The number of rotatable bonds is 5. The third-order valence-electron chi connectivity index (χ3n) is 2.30. The maximum absolute atomic E-state index is 13.5. The first kappa shape index (κ1) is 13.3. The number of nitrogens with zero attached hydrogens (tertiary/aromatic N) is 1. The van der Waals surface area contributed by atoms with Gasteiger partial charge in [0.25, 0.3) is 5.69 Å². The van der Waals surface area contributed by atoms with Crippen LogP contribution in [0.4, 0.5) is 15.8 Å². The highest BCUT2D eigenvalue weighted by molar-refractivity contribution is 5.51. The number of anilines is 1. The van der Waals surface area contributed by atoms with Crippen molar-refractivity contribution < 1.29 is 19.5 Å². The Labute approximate surface area is 96.8 Å². The number of non-ortho nitro benzene ring substituents is 1. The third kappa shape index (κ3) is 3.11. The SMILES string of the molecule is CC(CO)(CO)Nc1ccc([N+](=O)[O-])cc1F. The highest BCUT2D eigenvalue weighted by Crippen LogP contribution is 2.23. The normalized spacial score (nSPS) is 11.3. The van der Waals surface area contributed by atoms with Gasteiger partial charge in [-0.3, -0.25) is 10.1 Å². The fraction of sp³-hybridized carbons (Fsp3) is 0.400. The number of nitro groups is 1. The lowest BCUT2D eigenvalue weighted by molar-refractivity contribution is -0.385. The fourth-order valence-corrected chi connectivity index (χ4v) is 1.17. The predicted molar refractivity (Wildman–Crippen MR) is 59.3 cm³/mol. The van der Waals surface area contributed by atoms with Crippen molar-refractivity contribution in [3.8, 4) is 0 Å². The van der Waals surface area contributed by atoms with Crippen molar-refractivity contribution in [1.29, 1.82) is 0 Å². The van der Waals surface area contributed by atoms with Gasteiger partial charge in [0.1, 0.15) is 0 Å². The van der Waals surface area contributed by atoms with Gasteiger partial charge in [-0.2, -0.15) is 0 Å². The molecule has 94 valence electrons. The first-order valence-electron chi connectivity index (χ1n) is 4.86. The highest BCUT2D eigenvalue weighted by atomic mass is 19.1. The molecule has 0 aliphatic heterocycles. The summed E-state index contributed by atoms with van der Waals surface area (Å²) in [5.74, 6) is -0.813. The molecular weight excluding hydrogens is 231 g/mol. The zero-order valence-corrected chi connectivity index (χ0v) is 9.18. The van der Waals surface area contributed by atoms with E-state index in [1.807, 2.05) is 0 Å². The topological polar surface area (TPSA) is 95.6 Å². The van der Waals surface area contributed by atoms with Crippen LogP contribution in [0.2, 0.25) is 0 Å². The zero-order valence-electron chi connectivity index (χ0n) is 9.18. The summed E-state index contributed by atoms with van der Waals surface area (Å²) in [5, 5.41) is 31.0. The van der Waals surface area contributed by atoms with E-state index in [4.69, 9.17) is 10.2 Å². The van der Waals surface area contributed by atoms with E-state index in [-0.39, 0.29) is 11.4 Å². The summed E-state index contributed by atoms with van der Waals surface area (Å²) in [6.07, 6.45) is 0. The molecule has 0 fully saturated rings. The molecule has 0 radical (unpaired) electrons. The van der Waals surface area contributed by atoms with Gasteiger partial charge in [-0.1, -0.05) is 0 Å². The molecule has 0 spiro atoms.